The predicted molar refractivity (Wildman–Crippen MR) is 134 cm³/mol. The minimum absolute atomic E-state index is 0.200. The van der Waals surface area contributed by atoms with Crippen LogP contribution in [0.5, 0.6) is 5.75 Å². The van der Waals surface area contributed by atoms with Gasteiger partial charge in [0.2, 0.25) is 5.89 Å². The summed E-state index contributed by atoms with van der Waals surface area (Å²) in [6.07, 6.45) is 0. The lowest BCUT2D eigenvalue weighted by molar-refractivity contribution is 0.0979. The molecule has 5 aromatic rings. The van der Waals surface area contributed by atoms with Crippen LogP contribution in [0.15, 0.2) is 89.3 Å². The van der Waals surface area contributed by atoms with E-state index in [4.69, 9.17) is 21.4 Å². The van der Waals surface area contributed by atoms with Gasteiger partial charge in [0.25, 0.3) is 5.91 Å². The summed E-state index contributed by atoms with van der Waals surface area (Å²) in [4.78, 5) is 17.4. The van der Waals surface area contributed by atoms with Gasteiger partial charge in [0.15, 0.2) is 10.7 Å². The molecule has 1 amide bonds. The standard InChI is InChI=1S/C26H19N3O3S/c1-31-19-12-9-17(10-13-19)25-28-22-15-18(11-14-23(22)32-25)27-26(33)29-24(30)21-8-4-6-16-5-2-3-7-20(16)21/h2-15H,1H3,(H2,27,29,30,33). The highest BCUT2D eigenvalue weighted by molar-refractivity contribution is 7.80. The molecule has 0 aliphatic heterocycles. The number of aromatic nitrogens is 1. The van der Waals surface area contributed by atoms with Crippen molar-refractivity contribution >= 4 is 50.8 Å². The molecule has 0 unspecified atom stereocenters. The normalized spacial score (nSPS) is 10.8. The van der Waals surface area contributed by atoms with Gasteiger partial charge in [-0.2, -0.15) is 0 Å². The first-order chi connectivity index (χ1) is 16.1. The number of oxazole rings is 1. The number of hydrogen-bond acceptors (Lipinski definition) is 5. The second-order valence-corrected chi connectivity index (χ2v) is 7.77. The Hall–Kier alpha value is -4.23. The molecule has 0 radical (unpaired) electrons. The molecule has 5 rings (SSSR count). The molecule has 0 spiro atoms. The van der Waals surface area contributed by atoms with Crippen molar-refractivity contribution in [3.63, 3.8) is 0 Å². The molecule has 0 fully saturated rings. The summed E-state index contributed by atoms with van der Waals surface area (Å²) < 4.78 is 11.1. The van der Waals surface area contributed by atoms with Gasteiger partial charge >= 0.3 is 0 Å². The van der Waals surface area contributed by atoms with E-state index in [1.807, 2.05) is 78.9 Å². The zero-order valence-electron chi connectivity index (χ0n) is 17.7. The van der Waals surface area contributed by atoms with Gasteiger partial charge in [-0.1, -0.05) is 36.4 Å². The number of methoxy groups -OCH3 is 1. The van der Waals surface area contributed by atoms with Crippen LogP contribution in [-0.2, 0) is 0 Å². The maximum absolute atomic E-state index is 12.8. The molecule has 1 heterocycles. The number of amides is 1. The molecule has 7 heteroatoms. The zero-order chi connectivity index (χ0) is 22.8. The van der Waals surface area contributed by atoms with E-state index in [0.29, 0.717) is 28.2 Å². The van der Waals surface area contributed by atoms with E-state index in [-0.39, 0.29) is 11.0 Å². The Morgan fingerprint density at radius 2 is 1.76 bits per heavy atom. The molecule has 6 nitrogen and oxygen atoms in total. The lowest BCUT2D eigenvalue weighted by Gasteiger charge is -2.11. The molecule has 0 saturated heterocycles. The number of nitrogens with one attached hydrogen (secondary N) is 2. The van der Waals surface area contributed by atoms with Crippen molar-refractivity contribution in [3.05, 3.63) is 90.5 Å². The smallest absolute Gasteiger partial charge is 0.258 e. The Morgan fingerprint density at radius 3 is 2.58 bits per heavy atom. The molecule has 4 aromatic carbocycles. The third kappa shape index (κ3) is 4.26. The van der Waals surface area contributed by atoms with Crippen molar-refractivity contribution in [3.8, 4) is 17.2 Å². The minimum atomic E-state index is -0.270. The molecule has 0 bridgehead atoms. The van der Waals surface area contributed by atoms with E-state index in [9.17, 15) is 4.79 Å². The highest BCUT2D eigenvalue weighted by Gasteiger charge is 2.13. The summed E-state index contributed by atoms with van der Waals surface area (Å²) >= 11 is 5.36. The van der Waals surface area contributed by atoms with E-state index in [2.05, 4.69) is 15.6 Å². The predicted octanol–water partition coefficient (Wildman–Crippen LogP) is 5.78. The molecule has 0 aliphatic rings. The van der Waals surface area contributed by atoms with Gasteiger partial charge in [-0.3, -0.25) is 10.1 Å². The number of benzene rings is 4. The SMILES string of the molecule is COc1ccc(-c2nc3cc(NC(=S)NC(=O)c4cccc5ccccc45)ccc3o2)cc1. The first-order valence-electron chi connectivity index (χ1n) is 10.3. The van der Waals surface area contributed by atoms with Gasteiger partial charge < -0.3 is 14.5 Å². The molecule has 1 aromatic heterocycles. The molecule has 2 N–H and O–H groups in total. The number of thiocarbonyl (C=S) groups is 1. The summed E-state index contributed by atoms with van der Waals surface area (Å²) in [5.74, 6) is 1.01. The average molecular weight is 454 g/mol. The lowest BCUT2D eigenvalue weighted by Crippen LogP contribution is -2.34. The number of nitrogens with zero attached hydrogens (tertiary/aromatic N) is 1. The zero-order valence-corrected chi connectivity index (χ0v) is 18.5. The van der Waals surface area contributed by atoms with Crippen molar-refractivity contribution in [2.24, 2.45) is 0 Å². The van der Waals surface area contributed by atoms with Crippen LogP contribution in [0.1, 0.15) is 10.4 Å². The van der Waals surface area contributed by atoms with E-state index in [0.717, 1.165) is 22.1 Å². The highest BCUT2D eigenvalue weighted by atomic mass is 32.1. The van der Waals surface area contributed by atoms with Gasteiger partial charge in [0, 0.05) is 16.8 Å². The lowest BCUT2D eigenvalue weighted by atomic mass is 10.0. The van der Waals surface area contributed by atoms with Gasteiger partial charge in [-0.25, -0.2) is 4.98 Å². The van der Waals surface area contributed by atoms with Crippen molar-refractivity contribution in [1.82, 2.24) is 10.3 Å². The van der Waals surface area contributed by atoms with Crippen LogP contribution in [0.2, 0.25) is 0 Å². The van der Waals surface area contributed by atoms with E-state index >= 15 is 0 Å². The summed E-state index contributed by atoms with van der Waals surface area (Å²) in [7, 11) is 1.62. The fourth-order valence-corrected chi connectivity index (χ4v) is 3.83. The van der Waals surface area contributed by atoms with Crippen LogP contribution in [-0.4, -0.2) is 23.1 Å². The topological polar surface area (TPSA) is 76.4 Å². The number of anilines is 1. The van der Waals surface area contributed by atoms with Crippen molar-refractivity contribution in [1.29, 1.82) is 0 Å². The minimum Gasteiger partial charge on any atom is -0.497 e. The van der Waals surface area contributed by atoms with E-state index in [1.165, 1.54) is 0 Å². The number of ether oxygens (including phenoxy) is 1. The van der Waals surface area contributed by atoms with E-state index in [1.54, 1.807) is 13.2 Å². The van der Waals surface area contributed by atoms with Crippen LogP contribution >= 0.6 is 12.2 Å². The van der Waals surface area contributed by atoms with Gasteiger partial charge in [-0.15, -0.1) is 0 Å². The largest absolute Gasteiger partial charge is 0.497 e. The number of fused-ring (bicyclic) bond motifs is 2. The van der Waals surface area contributed by atoms with Crippen LogP contribution in [0.25, 0.3) is 33.3 Å². The van der Waals surface area contributed by atoms with Crippen LogP contribution in [0.3, 0.4) is 0 Å². The Morgan fingerprint density at radius 1 is 0.970 bits per heavy atom. The third-order valence-corrected chi connectivity index (χ3v) is 5.45. The number of carbonyl (C=O) groups excluding carboxylic acids is 1. The van der Waals surface area contributed by atoms with E-state index < -0.39 is 0 Å². The maximum Gasteiger partial charge on any atom is 0.258 e. The Balaban J connectivity index is 1.32. The number of hydrogen-bond donors (Lipinski definition) is 2. The fourth-order valence-electron chi connectivity index (χ4n) is 3.62. The fraction of sp³-hybridized carbons (Fsp3) is 0.0385. The monoisotopic (exact) mass is 453 g/mol. The summed E-state index contributed by atoms with van der Waals surface area (Å²) in [6.45, 7) is 0. The summed E-state index contributed by atoms with van der Waals surface area (Å²) in [5, 5.41) is 7.87. The Labute approximate surface area is 195 Å². The van der Waals surface area contributed by atoms with Crippen LogP contribution in [0.4, 0.5) is 5.69 Å². The van der Waals surface area contributed by atoms with Crippen molar-refractivity contribution in [2.45, 2.75) is 0 Å². The van der Waals surface area contributed by atoms with Crippen molar-refractivity contribution < 1.29 is 13.9 Å². The van der Waals surface area contributed by atoms with Crippen molar-refractivity contribution in [2.75, 3.05) is 12.4 Å². The molecule has 0 aliphatic carbocycles. The van der Waals surface area contributed by atoms with Gasteiger partial charge in [-0.05, 0) is 71.5 Å². The molecule has 0 atom stereocenters. The second kappa shape index (κ2) is 8.72. The van der Waals surface area contributed by atoms with Crippen LogP contribution in [0, 0.1) is 0 Å². The summed E-state index contributed by atoms with van der Waals surface area (Å²) in [5.41, 5.74) is 3.43. The number of carbonyl (C=O) groups is 1. The molecular formula is C26H19N3O3S. The maximum atomic E-state index is 12.8. The second-order valence-electron chi connectivity index (χ2n) is 7.36. The molecule has 0 saturated carbocycles. The molecule has 33 heavy (non-hydrogen) atoms. The third-order valence-electron chi connectivity index (χ3n) is 5.24. The van der Waals surface area contributed by atoms with Crippen LogP contribution < -0.4 is 15.4 Å². The average Bonchev–Trinajstić information content (AvgIpc) is 3.27. The molecule has 162 valence electrons. The summed E-state index contributed by atoms with van der Waals surface area (Å²) in [6, 6.07) is 26.3. The highest BCUT2D eigenvalue weighted by Crippen LogP contribution is 2.27. The van der Waals surface area contributed by atoms with Gasteiger partial charge in [0.05, 0.1) is 7.11 Å². The molecular weight excluding hydrogens is 434 g/mol. The quantitative estimate of drug-likeness (QED) is 0.336. The first kappa shape index (κ1) is 20.7. The first-order valence-corrected chi connectivity index (χ1v) is 10.7. The van der Waals surface area contributed by atoms with Gasteiger partial charge in [0.1, 0.15) is 11.3 Å². The Bertz CT molecular complexity index is 1490. The number of rotatable bonds is 4. The Kier molecular flexibility index (Phi) is 5.46.